The van der Waals surface area contributed by atoms with Crippen LogP contribution in [0.25, 0.3) is 0 Å². The Labute approximate surface area is 113 Å². The molecule has 4 saturated carbocycles. The summed E-state index contributed by atoms with van der Waals surface area (Å²) in [6, 6.07) is 3.53. The second kappa shape index (κ2) is 4.12. The average molecular weight is 259 g/mol. The molecule has 5 rings (SSSR count). The van der Waals surface area contributed by atoms with E-state index in [4.69, 9.17) is 0 Å². The van der Waals surface area contributed by atoms with E-state index in [0.717, 1.165) is 11.8 Å². The minimum absolute atomic E-state index is 0.343. The molecule has 19 heavy (non-hydrogen) atoms. The first-order chi connectivity index (χ1) is 9.22. The first-order valence-corrected chi connectivity index (χ1v) is 7.57. The maximum atomic E-state index is 11.8. The topological polar surface area (TPSA) is 42.2 Å². The summed E-state index contributed by atoms with van der Waals surface area (Å²) in [6.07, 6.45) is 10.4. The van der Waals surface area contributed by atoms with E-state index >= 15 is 0 Å². The van der Waals surface area contributed by atoms with Crippen LogP contribution in [0.15, 0.2) is 24.5 Å². The fraction of sp³-hybridized carbons (Fsp3) is 0.688. The van der Waals surface area contributed by atoms with Crippen molar-refractivity contribution in [1.29, 1.82) is 0 Å². The molecular weight excluding hydrogens is 238 g/mol. The highest BCUT2D eigenvalue weighted by atomic mass is 16.4. The first-order valence-electron chi connectivity index (χ1n) is 7.57. The van der Waals surface area contributed by atoms with Gasteiger partial charge in [-0.3, -0.25) is 0 Å². The monoisotopic (exact) mass is 259 g/mol. The van der Waals surface area contributed by atoms with Gasteiger partial charge in [-0.1, -0.05) is 0 Å². The zero-order valence-electron chi connectivity index (χ0n) is 11.1. The molecule has 1 unspecified atom stereocenters. The van der Waals surface area contributed by atoms with Gasteiger partial charge in [0.2, 0.25) is 0 Å². The van der Waals surface area contributed by atoms with Gasteiger partial charge in [-0.05, 0) is 73.8 Å². The van der Waals surface area contributed by atoms with E-state index in [-0.39, 0.29) is 6.04 Å². The van der Waals surface area contributed by atoms with Crippen molar-refractivity contribution in [1.82, 2.24) is 4.57 Å². The van der Waals surface area contributed by atoms with Crippen molar-refractivity contribution in [3.05, 3.63) is 24.5 Å². The van der Waals surface area contributed by atoms with E-state index in [1.165, 1.54) is 32.1 Å². The van der Waals surface area contributed by atoms with Gasteiger partial charge < -0.3 is 9.67 Å². The van der Waals surface area contributed by atoms with Gasteiger partial charge in [0.15, 0.2) is 0 Å². The Morgan fingerprint density at radius 1 is 1.00 bits per heavy atom. The summed E-state index contributed by atoms with van der Waals surface area (Å²) in [5, 5.41) is 9.71. The summed E-state index contributed by atoms with van der Waals surface area (Å²) in [5.41, 5.74) is 0. The summed E-state index contributed by atoms with van der Waals surface area (Å²) in [6.45, 7) is 0. The predicted molar refractivity (Wildman–Crippen MR) is 71.6 cm³/mol. The first kappa shape index (κ1) is 11.6. The van der Waals surface area contributed by atoms with Crippen LogP contribution in [-0.4, -0.2) is 15.6 Å². The van der Waals surface area contributed by atoms with Crippen LogP contribution in [0.3, 0.4) is 0 Å². The summed E-state index contributed by atoms with van der Waals surface area (Å²) >= 11 is 0. The van der Waals surface area contributed by atoms with Gasteiger partial charge in [-0.25, -0.2) is 4.79 Å². The smallest absolute Gasteiger partial charge is 0.326 e. The zero-order valence-corrected chi connectivity index (χ0v) is 11.1. The lowest BCUT2D eigenvalue weighted by atomic mass is 9.50. The number of aromatic nitrogens is 1. The molecule has 3 nitrogen and oxygen atoms in total. The molecule has 1 heterocycles. The molecule has 4 fully saturated rings. The second-order valence-electron chi connectivity index (χ2n) is 6.92. The van der Waals surface area contributed by atoms with Crippen molar-refractivity contribution in [2.24, 2.45) is 29.6 Å². The Morgan fingerprint density at radius 3 is 2.00 bits per heavy atom. The van der Waals surface area contributed by atoms with Crippen molar-refractivity contribution >= 4 is 5.97 Å². The van der Waals surface area contributed by atoms with Crippen molar-refractivity contribution in [2.75, 3.05) is 0 Å². The van der Waals surface area contributed by atoms with Gasteiger partial charge in [0.1, 0.15) is 6.04 Å². The molecule has 1 aromatic rings. The van der Waals surface area contributed by atoms with Gasteiger partial charge in [-0.15, -0.1) is 0 Å². The number of hydrogen-bond donors (Lipinski definition) is 1. The molecule has 4 aliphatic rings. The Morgan fingerprint density at radius 2 is 1.53 bits per heavy atom. The van der Waals surface area contributed by atoms with Crippen molar-refractivity contribution < 1.29 is 9.90 Å². The van der Waals surface area contributed by atoms with E-state index in [0.29, 0.717) is 17.8 Å². The number of carboxylic acid groups (broad SMARTS) is 1. The van der Waals surface area contributed by atoms with E-state index < -0.39 is 5.97 Å². The molecule has 0 aliphatic heterocycles. The molecule has 1 N–H and O–H groups in total. The standard InChI is InChI=1S/C16H21NO2/c18-16(19)15(17-3-1-2-4-17)14-12-6-10-5-11(8-12)9-13(14)7-10/h1-4,10-15H,5-9H2,(H,18,19). The molecule has 4 bridgehead atoms. The molecule has 102 valence electrons. The molecule has 3 heteroatoms. The molecule has 1 aromatic heterocycles. The van der Waals surface area contributed by atoms with Gasteiger partial charge in [0, 0.05) is 12.4 Å². The van der Waals surface area contributed by atoms with Gasteiger partial charge in [-0.2, -0.15) is 0 Å². The van der Waals surface area contributed by atoms with Crippen LogP contribution in [0.1, 0.15) is 38.1 Å². The lowest BCUT2D eigenvalue weighted by Crippen LogP contribution is -2.49. The molecule has 0 amide bonds. The fourth-order valence-electron chi connectivity index (χ4n) is 5.51. The van der Waals surface area contributed by atoms with Gasteiger partial charge in [0.25, 0.3) is 0 Å². The number of carboxylic acids is 1. The van der Waals surface area contributed by atoms with Crippen LogP contribution in [0, 0.1) is 29.6 Å². The summed E-state index contributed by atoms with van der Waals surface area (Å²) in [5.74, 6) is 2.82. The van der Waals surface area contributed by atoms with E-state index in [1.807, 2.05) is 29.1 Å². The highest BCUT2D eigenvalue weighted by molar-refractivity contribution is 5.72. The van der Waals surface area contributed by atoms with Gasteiger partial charge in [0.05, 0.1) is 0 Å². The average Bonchev–Trinajstić information content (AvgIpc) is 2.85. The molecular formula is C16H21NO2. The number of nitrogens with zero attached hydrogens (tertiary/aromatic N) is 1. The van der Waals surface area contributed by atoms with E-state index in [9.17, 15) is 9.90 Å². The highest BCUT2D eigenvalue weighted by Crippen LogP contribution is 2.59. The minimum atomic E-state index is -0.645. The summed E-state index contributed by atoms with van der Waals surface area (Å²) < 4.78 is 1.93. The molecule has 0 saturated heterocycles. The van der Waals surface area contributed by atoms with E-state index in [2.05, 4.69) is 0 Å². The zero-order chi connectivity index (χ0) is 13.0. The van der Waals surface area contributed by atoms with Crippen LogP contribution in [0.4, 0.5) is 0 Å². The second-order valence-corrected chi connectivity index (χ2v) is 6.92. The normalized spacial score (nSPS) is 41.4. The Balaban J connectivity index is 1.68. The number of aliphatic carboxylic acids is 1. The largest absolute Gasteiger partial charge is 0.480 e. The minimum Gasteiger partial charge on any atom is -0.480 e. The molecule has 0 aromatic carbocycles. The van der Waals surface area contributed by atoms with Crippen LogP contribution < -0.4 is 0 Å². The van der Waals surface area contributed by atoms with Crippen molar-refractivity contribution in [3.63, 3.8) is 0 Å². The fourth-order valence-corrected chi connectivity index (χ4v) is 5.51. The van der Waals surface area contributed by atoms with E-state index in [1.54, 1.807) is 0 Å². The number of carbonyl (C=O) groups is 1. The quantitative estimate of drug-likeness (QED) is 0.905. The summed E-state index contributed by atoms with van der Waals surface area (Å²) in [7, 11) is 0. The summed E-state index contributed by atoms with van der Waals surface area (Å²) in [4.78, 5) is 11.8. The molecule has 1 atom stereocenters. The maximum Gasteiger partial charge on any atom is 0.326 e. The lowest BCUT2D eigenvalue weighted by Gasteiger charge is -2.55. The molecule has 0 radical (unpaired) electrons. The van der Waals surface area contributed by atoms with Crippen LogP contribution in [0.2, 0.25) is 0 Å². The maximum absolute atomic E-state index is 11.8. The van der Waals surface area contributed by atoms with Crippen molar-refractivity contribution in [3.8, 4) is 0 Å². The SMILES string of the molecule is O=C(O)C(C1C2CC3CC(C2)CC1C3)n1cccc1. The van der Waals surface area contributed by atoms with Gasteiger partial charge >= 0.3 is 5.97 Å². The van der Waals surface area contributed by atoms with Crippen molar-refractivity contribution in [2.45, 2.75) is 38.1 Å². The van der Waals surface area contributed by atoms with Crippen LogP contribution in [-0.2, 0) is 4.79 Å². The third-order valence-corrected chi connectivity index (χ3v) is 5.87. The van der Waals surface area contributed by atoms with Crippen LogP contribution >= 0.6 is 0 Å². The third kappa shape index (κ3) is 1.74. The third-order valence-electron chi connectivity index (χ3n) is 5.87. The lowest BCUT2D eigenvalue weighted by molar-refractivity contribution is -0.149. The van der Waals surface area contributed by atoms with Crippen LogP contribution in [0.5, 0.6) is 0 Å². The molecule has 4 aliphatic carbocycles. The number of rotatable bonds is 3. The Hall–Kier alpha value is -1.25. The number of hydrogen-bond acceptors (Lipinski definition) is 1. The Kier molecular flexibility index (Phi) is 2.51. The Bertz CT molecular complexity index is 451. The highest BCUT2D eigenvalue weighted by Gasteiger charge is 2.52. The predicted octanol–water partition coefficient (Wildman–Crippen LogP) is 3.19. The molecule has 0 spiro atoms.